The lowest BCUT2D eigenvalue weighted by Crippen LogP contribution is -2.35. The molecule has 144 valence electrons. The fourth-order valence-corrected chi connectivity index (χ4v) is 3.24. The van der Waals surface area contributed by atoms with Gasteiger partial charge in [-0.15, -0.1) is 0 Å². The second kappa shape index (κ2) is 9.14. The molecule has 0 fully saturated rings. The second-order valence-corrected chi connectivity index (χ2v) is 8.43. The Labute approximate surface area is 168 Å². The van der Waals surface area contributed by atoms with Gasteiger partial charge in [0.1, 0.15) is 0 Å². The van der Waals surface area contributed by atoms with E-state index >= 15 is 0 Å². The highest BCUT2D eigenvalue weighted by Gasteiger charge is 2.15. The number of carbonyl (C=O) groups excluding carboxylic acids is 1. The summed E-state index contributed by atoms with van der Waals surface area (Å²) in [5.41, 5.74) is 3.44. The van der Waals surface area contributed by atoms with Crippen LogP contribution in [0.25, 0.3) is 0 Å². The van der Waals surface area contributed by atoms with E-state index < -0.39 is 0 Å². The van der Waals surface area contributed by atoms with Crippen molar-refractivity contribution in [3.05, 3.63) is 65.2 Å². The zero-order chi connectivity index (χ0) is 20.0. The smallest absolute Gasteiger partial charge is 0.193 e. The van der Waals surface area contributed by atoms with Gasteiger partial charge in [-0.2, -0.15) is 0 Å². The van der Waals surface area contributed by atoms with Crippen LogP contribution >= 0.6 is 12.2 Å². The number of nitrogens with one attached hydrogen (secondary N) is 2. The SMILES string of the molecule is CCC[C@H](C)NC(=S)Nc1cccc(C(=O)c2ccc(C(C)(C)C)cc2)c1. The molecule has 0 saturated carbocycles. The summed E-state index contributed by atoms with van der Waals surface area (Å²) in [6.07, 6.45) is 2.17. The maximum Gasteiger partial charge on any atom is 0.193 e. The molecule has 2 rings (SSSR count). The van der Waals surface area contributed by atoms with E-state index in [1.807, 2.05) is 48.5 Å². The van der Waals surface area contributed by atoms with Gasteiger partial charge in [-0.3, -0.25) is 4.79 Å². The van der Waals surface area contributed by atoms with Gasteiger partial charge in [-0.05, 0) is 48.7 Å². The van der Waals surface area contributed by atoms with Crippen LogP contribution < -0.4 is 10.6 Å². The highest BCUT2D eigenvalue weighted by molar-refractivity contribution is 7.80. The van der Waals surface area contributed by atoms with E-state index in [0.717, 1.165) is 18.5 Å². The lowest BCUT2D eigenvalue weighted by atomic mass is 9.86. The second-order valence-electron chi connectivity index (χ2n) is 8.03. The molecule has 3 nitrogen and oxygen atoms in total. The summed E-state index contributed by atoms with van der Waals surface area (Å²) in [4.78, 5) is 12.8. The Kier molecular flexibility index (Phi) is 7.14. The largest absolute Gasteiger partial charge is 0.360 e. The zero-order valence-corrected chi connectivity index (χ0v) is 17.7. The minimum absolute atomic E-state index is 0.0114. The molecule has 0 bridgehead atoms. The van der Waals surface area contributed by atoms with Crippen molar-refractivity contribution in [1.29, 1.82) is 0 Å². The maximum absolute atomic E-state index is 12.8. The molecular formula is C23H30N2OS. The lowest BCUT2D eigenvalue weighted by molar-refractivity contribution is 0.103. The van der Waals surface area contributed by atoms with Crippen LogP contribution in [0, 0.1) is 0 Å². The molecular weight excluding hydrogens is 352 g/mol. The Hall–Kier alpha value is -2.20. The molecule has 0 aromatic heterocycles. The van der Waals surface area contributed by atoms with Gasteiger partial charge in [-0.1, -0.05) is 70.5 Å². The highest BCUT2D eigenvalue weighted by atomic mass is 32.1. The Morgan fingerprint density at radius 2 is 1.74 bits per heavy atom. The van der Waals surface area contributed by atoms with Crippen LogP contribution in [0.5, 0.6) is 0 Å². The summed E-state index contributed by atoms with van der Waals surface area (Å²) in [5, 5.41) is 7.02. The van der Waals surface area contributed by atoms with Crippen LogP contribution in [0.15, 0.2) is 48.5 Å². The highest BCUT2D eigenvalue weighted by Crippen LogP contribution is 2.23. The number of carbonyl (C=O) groups is 1. The number of hydrogen-bond donors (Lipinski definition) is 2. The fourth-order valence-electron chi connectivity index (χ4n) is 2.92. The molecule has 0 amide bonds. The Morgan fingerprint density at radius 1 is 1.07 bits per heavy atom. The molecule has 4 heteroatoms. The summed E-state index contributed by atoms with van der Waals surface area (Å²) in [6, 6.07) is 15.7. The van der Waals surface area contributed by atoms with E-state index in [0.29, 0.717) is 22.3 Å². The first-order chi connectivity index (χ1) is 12.7. The summed E-state index contributed by atoms with van der Waals surface area (Å²) < 4.78 is 0. The maximum atomic E-state index is 12.8. The fraction of sp³-hybridized carbons (Fsp3) is 0.391. The molecule has 1 atom stereocenters. The molecule has 2 aromatic carbocycles. The number of anilines is 1. The van der Waals surface area contributed by atoms with Crippen molar-refractivity contribution in [2.24, 2.45) is 0 Å². The van der Waals surface area contributed by atoms with Gasteiger partial charge in [0.2, 0.25) is 0 Å². The van der Waals surface area contributed by atoms with Gasteiger partial charge in [-0.25, -0.2) is 0 Å². The molecule has 0 spiro atoms. The molecule has 0 unspecified atom stereocenters. The van der Waals surface area contributed by atoms with Gasteiger partial charge in [0.25, 0.3) is 0 Å². The molecule has 0 aliphatic rings. The predicted molar refractivity (Wildman–Crippen MR) is 119 cm³/mol. The number of thiocarbonyl (C=S) groups is 1. The average Bonchev–Trinajstić information content (AvgIpc) is 2.60. The van der Waals surface area contributed by atoms with Crippen molar-refractivity contribution < 1.29 is 4.79 Å². The van der Waals surface area contributed by atoms with Crippen LogP contribution in [0.4, 0.5) is 5.69 Å². The van der Waals surface area contributed by atoms with Crippen molar-refractivity contribution in [2.75, 3.05) is 5.32 Å². The molecule has 0 aliphatic heterocycles. The van der Waals surface area contributed by atoms with Crippen molar-refractivity contribution in [1.82, 2.24) is 5.32 Å². The van der Waals surface area contributed by atoms with E-state index in [2.05, 4.69) is 45.3 Å². The van der Waals surface area contributed by atoms with Crippen LogP contribution in [0.3, 0.4) is 0 Å². The average molecular weight is 383 g/mol. The van der Waals surface area contributed by atoms with Gasteiger partial charge >= 0.3 is 0 Å². The van der Waals surface area contributed by atoms with Gasteiger partial charge in [0, 0.05) is 22.9 Å². The van der Waals surface area contributed by atoms with Crippen LogP contribution in [-0.4, -0.2) is 16.9 Å². The lowest BCUT2D eigenvalue weighted by Gasteiger charge is -2.19. The summed E-state index contributed by atoms with van der Waals surface area (Å²) >= 11 is 5.37. The van der Waals surface area contributed by atoms with Gasteiger partial charge in [0.15, 0.2) is 10.9 Å². The standard InChI is InChI=1S/C23H30N2OS/c1-6-8-16(2)24-22(27)25-20-10-7-9-18(15-20)21(26)17-11-13-19(14-12-17)23(3,4)5/h7,9-16H,6,8H2,1-5H3,(H2,24,25,27)/t16-/m0/s1. The monoisotopic (exact) mass is 382 g/mol. The molecule has 2 aromatic rings. The quantitative estimate of drug-likeness (QED) is 0.497. The molecule has 0 saturated heterocycles. The van der Waals surface area contributed by atoms with E-state index in [9.17, 15) is 4.79 Å². The first-order valence-electron chi connectivity index (χ1n) is 9.53. The molecule has 27 heavy (non-hydrogen) atoms. The molecule has 2 N–H and O–H groups in total. The Balaban J connectivity index is 2.10. The first-order valence-corrected chi connectivity index (χ1v) is 9.94. The van der Waals surface area contributed by atoms with Crippen LogP contribution in [0.1, 0.15) is 68.9 Å². The third-order valence-electron chi connectivity index (χ3n) is 4.49. The minimum Gasteiger partial charge on any atom is -0.360 e. The Morgan fingerprint density at radius 3 is 2.33 bits per heavy atom. The number of benzene rings is 2. The minimum atomic E-state index is 0.0114. The van der Waals surface area contributed by atoms with E-state index in [4.69, 9.17) is 12.2 Å². The van der Waals surface area contributed by atoms with Crippen molar-refractivity contribution in [2.45, 2.75) is 58.9 Å². The van der Waals surface area contributed by atoms with Crippen LogP contribution in [-0.2, 0) is 5.41 Å². The topological polar surface area (TPSA) is 41.1 Å². The normalized spacial score (nSPS) is 12.3. The zero-order valence-electron chi connectivity index (χ0n) is 16.9. The number of hydrogen-bond acceptors (Lipinski definition) is 2. The molecule has 0 aliphatic carbocycles. The van der Waals surface area contributed by atoms with Crippen molar-refractivity contribution in [3.63, 3.8) is 0 Å². The molecule has 0 radical (unpaired) electrons. The van der Waals surface area contributed by atoms with Crippen molar-refractivity contribution >= 4 is 28.8 Å². The summed E-state index contributed by atoms with van der Waals surface area (Å²) in [6.45, 7) is 10.8. The van der Waals surface area contributed by atoms with Crippen molar-refractivity contribution in [3.8, 4) is 0 Å². The van der Waals surface area contributed by atoms with E-state index in [1.165, 1.54) is 5.56 Å². The van der Waals surface area contributed by atoms with Gasteiger partial charge < -0.3 is 10.6 Å². The van der Waals surface area contributed by atoms with E-state index in [1.54, 1.807) is 0 Å². The first kappa shape index (κ1) is 21.1. The summed E-state index contributed by atoms with van der Waals surface area (Å²) in [7, 11) is 0. The molecule has 0 heterocycles. The number of rotatable bonds is 6. The number of ketones is 1. The third-order valence-corrected chi connectivity index (χ3v) is 4.71. The van der Waals surface area contributed by atoms with E-state index in [-0.39, 0.29) is 11.2 Å². The predicted octanol–water partition coefficient (Wildman–Crippen LogP) is 5.69. The Bertz CT molecular complexity index is 791. The third kappa shape index (κ3) is 6.17. The summed E-state index contributed by atoms with van der Waals surface area (Å²) in [5.74, 6) is 0.0114. The van der Waals surface area contributed by atoms with Gasteiger partial charge in [0.05, 0.1) is 0 Å². The van der Waals surface area contributed by atoms with Crippen LogP contribution in [0.2, 0.25) is 0 Å².